The molecule has 25 heavy (non-hydrogen) atoms. The first-order chi connectivity index (χ1) is 11.8. The first kappa shape index (κ1) is 21.4. The van der Waals surface area contributed by atoms with Crippen molar-refractivity contribution < 1.29 is 17.9 Å². The van der Waals surface area contributed by atoms with E-state index in [4.69, 9.17) is 4.74 Å². The maximum absolute atomic E-state index is 12.2. The van der Waals surface area contributed by atoms with Crippen molar-refractivity contribution in [2.75, 3.05) is 36.9 Å². The quantitative estimate of drug-likeness (QED) is 0.607. The van der Waals surface area contributed by atoms with Crippen LogP contribution in [0.15, 0.2) is 18.2 Å². The Hall–Kier alpha value is -1.60. The van der Waals surface area contributed by atoms with E-state index in [1.807, 2.05) is 39.0 Å². The summed E-state index contributed by atoms with van der Waals surface area (Å²) in [5, 5.41) is 2.83. The van der Waals surface area contributed by atoms with Gasteiger partial charge in [0, 0.05) is 32.7 Å². The SMILES string of the molecule is CCOCCCNC(=O)CCCN(c1cc(C)ccc1C)S(C)(=O)=O. The molecule has 0 atom stereocenters. The van der Waals surface area contributed by atoms with Crippen molar-refractivity contribution in [2.45, 2.75) is 40.0 Å². The van der Waals surface area contributed by atoms with E-state index in [-0.39, 0.29) is 12.5 Å². The number of ether oxygens (including phenoxy) is 1. The van der Waals surface area contributed by atoms with Crippen LogP contribution in [0.25, 0.3) is 0 Å². The molecular formula is C18H30N2O4S. The molecule has 0 aliphatic carbocycles. The first-order valence-corrected chi connectivity index (χ1v) is 10.5. The maximum atomic E-state index is 12.2. The van der Waals surface area contributed by atoms with Gasteiger partial charge >= 0.3 is 0 Å². The second kappa shape index (κ2) is 10.4. The molecule has 0 bridgehead atoms. The van der Waals surface area contributed by atoms with Gasteiger partial charge in [-0.2, -0.15) is 0 Å². The number of carbonyl (C=O) groups is 1. The number of rotatable bonds is 11. The number of amides is 1. The van der Waals surface area contributed by atoms with E-state index in [1.54, 1.807) is 0 Å². The van der Waals surface area contributed by atoms with Crippen LogP contribution < -0.4 is 9.62 Å². The molecule has 0 saturated heterocycles. The molecule has 1 rings (SSSR count). The molecule has 0 aliphatic heterocycles. The summed E-state index contributed by atoms with van der Waals surface area (Å²) in [5.74, 6) is -0.0640. The summed E-state index contributed by atoms with van der Waals surface area (Å²) in [6, 6.07) is 5.73. The van der Waals surface area contributed by atoms with Gasteiger partial charge in [0.05, 0.1) is 11.9 Å². The van der Waals surface area contributed by atoms with Gasteiger partial charge in [-0.15, -0.1) is 0 Å². The lowest BCUT2D eigenvalue weighted by molar-refractivity contribution is -0.121. The molecule has 1 N–H and O–H groups in total. The number of hydrogen-bond acceptors (Lipinski definition) is 4. The normalized spacial score (nSPS) is 11.4. The molecular weight excluding hydrogens is 340 g/mol. The van der Waals surface area contributed by atoms with Crippen molar-refractivity contribution in [2.24, 2.45) is 0 Å². The molecule has 142 valence electrons. The van der Waals surface area contributed by atoms with E-state index < -0.39 is 10.0 Å². The van der Waals surface area contributed by atoms with Crippen LogP contribution in [0.5, 0.6) is 0 Å². The highest BCUT2D eigenvalue weighted by Crippen LogP contribution is 2.24. The Bertz CT molecular complexity index is 659. The number of aryl methyl sites for hydroxylation is 2. The van der Waals surface area contributed by atoms with Crippen LogP contribution >= 0.6 is 0 Å². The molecule has 0 saturated carbocycles. The highest BCUT2D eigenvalue weighted by molar-refractivity contribution is 7.92. The van der Waals surface area contributed by atoms with Crippen LogP contribution in [0.4, 0.5) is 5.69 Å². The minimum atomic E-state index is -3.40. The number of nitrogens with one attached hydrogen (secondary N) is 1. The van der Waals surface area contributed by atoms with Crippen LogP contribution in [-0.4, -0.2) is 46.9 Å². The molecule has 0 heterocycles. The summed E-state index contributed by atoms with van der Waals surface area (Å²) in [4.78, 5) is 11.8. The van der Waals surface area contributed by atoms with Gasteiger partial charge in [0.1, 0.15) is 0 Å². The largest absolute Gasteiger partial charge is 0.382 e. The smallest absolute Gasteiger partial charge is 0.232 e. The lowest BCUT2D eigenvalue weighted by Gasteiger charge is -2.24. The summed E-state index contributed by atoms with van der Waals surface area (Å²) < 4.78 is 30.9. The van der Waals surface area contributed by atoms with Crippen molar-refractivity contribution in [3.8, 4) is 0 Å². The number of hydrogen-bond donors (Lipinski definition) is 1. The van der Waals surface area contributed by atoms with Crippen LogP contribution in [0.1, 0.15) is 37.3 Å². The lowest BCUT2D eigenvalue weighted by atomic mass is 10.1. The topological polar surface area (TPSA) is 75.7 Å². The summed E-state index contributed by atoms with van der Waals surface area (Å²) in [5.41, 5.74) is 2.58. The maximum Gasteiger partial charge on any atom is 0.232 e. The molecule has 0 aromatic heterocycles. The fraction of sp³-hybridized carbons (Fsp3) is 0.611. The number of sulfonamides is 1. The number of nitrogens with zero attached hydrogens (tertiary/aromatic N) is 1. The summed E-state index contributed by atoms with van der Waals surface area (Å²) in [6.45, 7) is 7.92. The van der Waals surface area contributed by atoms with Crippen molar-refractivity contribution >= 4 is 21.6 Å². The third-order valence-corrected chi connectivity index (χ3v) is 4.97. The molecule has 0 radical (unpaired) electrons. The highest BCUT2D eigenvalue weighted by Gasteiger charge is 2.19. The van der Waals surface area contributed by atoms with Crippen molar-refractivity contribution in [1.82, 2.24) is 5.32 Å². The molecule has 1 aromatic carbocycles. The van der Waals surface area contributed by atoms with E-state index >= 15 is 0 Å². The number of carbonyl (C=O) groups excluding carboxylic acids is 1. The molecule has 1 aromatic rings. The third kappa shape index (κ3) is 7.88. The van der Waals surface area contributed by atoms with E-state index in [0.29, 0.717) is 38.3 Å². The van der Waals surface area contributed by atoms with Crippen molar-refractivity contribution in [1.29, 1.82) is 0 Å². The first-order valence-electron chi connectivity index (χ1n) is 8.65. The van der Waals surface area contributed by atoms with Gasteiger partial charge in [-0.05, 0) is 50.8 Å². The number of benzene rings is 1. The Balaban J connectivity index is 2.56. The van der Waals surface area contributed by atoms with E-state index in [9.17, 15) is 13.2 Å². The van der Waals surface area contributed by atoms with Gasteiger partial charge in [0.25, 0.3) is 0 Å². The standard InChI is InChI=1S/C18H30N2O4S/c1-5-24-13-7-11-19-18(21)8-6-12-20(25(4,22)23)17-14-15(2)9-10-16(17)3/h9-10,14H,5-8,11-13H2,1-4H3,(H,19,21). The highest BCUT2D eigenvalue weighted by atomic mass is 32.2. The minimum Gasteiger partial charge on any atom is -0.382 e. The van der Waals surface area contributed by atoms with Gasteiger partial charge in [-0.1, -0.05) is 12.1 Å². The second-order valence-corrected chi connectivity index (χ2v) is 8.04. The molecule has 0 spiro atoms. The van der Waals surface area contributed by atoms with Crippen molar-refractivity contribution in [3.63, 3.8) is 0 Å². The average Bonchev–Trinajstić information content (AvgIpc) is 2.53. The predicted molar refractivity (Wildman–Crippen MR) is 101 cm³/mol. The second-order valence-electron chi connectivity index (χ2n) is 6.13. The van der Waals surface area contributed by atoms with E-state index in [0.717, 1.165) is 17.5 Å². The van der Waals surface area contributed by atoms with Crippen LogP contribution in [0, 0.1) is 13.8 Å². The summed E-state index contributed by atoms with van der Waals surface area (Å²) in [6.07, 6.45) is 2.74. The zero-order valence-electron chi connectivity index (χ0n) is 15.7. The summed E-state index contributed by atoms with van der Waals surface area (Å²) >= 11 is 0. The summed E-state index contributed by atoms with van der Waals surface area (Å²) in [7, 11) is -3.40. The average molecular weight is 371 g/mol. The van der Waals surface area contributed by atoms with Crippen LogP contribution in [0.3, 0.4) is 0 Å². The van der Waals surface area contributed by atoms with Gasteiger partial charge < -0.3 is 10.1 Å². The zero-order chi connectivity index (χ0) is 18.9. The monoisotopic (exact) mass is 370 g/mol. The Morgan fingerprint density at radius 3 is 2.60 bits per heavy atom. The molecule has 0 aliphatic rings. The van der Waals surface area contributed by atoms with Crippen LogP contribution in [0.2, 0.25) is 0 Å². The molecule has 6 nitrogen and oxygen atoms in total. The number of anilines is 1. The molecule has 1 amide bonds. The van der Waals surface area contributed by atoms with E-state index in [1.165, 1.54) is 10.6 Å². The third-order valence-electron chi connectivity index (χ3n) is 3.79. The zero-order valence-corrected chi connectivity index (χ0v) is 16.5. The van der Waals surface area contributed by atoms with Crippen molar-refractivity contribution in [3.05, 3.63) is 29.3 Å². The molecule has 0 unspecified atom stereocenters. The Labute approximate surface area is 151 Å². The van der Waals surface area contributed by atoms with Gasteiger partial charge in [-0.25, -0.2) is 8.42 Å². The molecule has 7 heteroatoms. The Morgan fingerprint density at radius 2 is 1.96 bits per heavy atom. The Kier molecular flexibility index (Phi) is 8.92. The minimum absolute atomic E-state index is 0.0640. The fourth-order valence-electron chi connectivity index (χ4n) is 2.47. The molecule has 0 fully saturated rings. The predicted octanol–water partition coefficient (Wildman–Crippen LogP) is 2.39. The van der Waals surface area contributed by atoms with Crippen LogP contribution in [-0.2, 0) is 19.6 Å². The van der Waals surface area contributed by atoms with Gasteiger partial charge in [0.15, 0.2) is 0 Å². The Morgan fingerprint density at radius 1 is 1.24 bits per heavy atom. The van der Waals surface area contributed by atoms with Gasteiger partial charge in [0.2, 0.25) is 15.9 Å². The van der Waals surface area contributed by atoms with E-state index in [2.05, 4.69) is 5.32 Å². The fourth-order valence-corrected chi connectivity index (χ4v) is 3.49. The lowest BCUT2D eigenvalue weighted by Crippen LogP contribution is -2.33. The van der Waals surface area contributed by atoms with Gasteiger partial charge in [-0.3, -0.25) is 9.10 Å².